The predicted molar refractivity (Wildman–Crippen MR) is 82.9 cm³/mol. The number of fused-ring (bicyclic) bond motifs is 1. The van der Waals surface area contributed by atoms with Crippen LogP contribution in [0.1, 0.15) is 11.1 Å². The number of nitriles is 2. The third-order valence-corrected chi connectivity index (χ3v) is 3.75. The van der Waals surface area contributed by atoms with E-state index < -0.39 is 23.0 Å². The summed E-state index contributed by atoms with van der Waals surface area (Å²) in [5.74, 6) is 0. The van der Waals surface area contributed by atoms with Crippen LogP contribution in [0, 0.1) is 22.7 Å². The average molecular weight is 342 g/mol. The minimum atomic E-state index is -4.73. The minimum Gasteiger partial charge on any atom is -0.278 e. The van der Waals surface area contributed by atoms with Crippen LogP contribution in [0.2, 0.25) is 0 Å². The molecule has 0 N–H and O–H groups in total. The van der Waals surface area contributed by atoms with Gasteiger partial charge >= 0.3 is 11.9 Å². The number of benzene rings is 2. The summed E-state index contributed by atoms with van der Waals surface area (Å²) in [4.78, 5) is 12.6. The zero-order chi connectivity index (χ0) is 18.2. The van der Waals surface area contributed by atoms with Crippen LogP contribution in [-0.2, 0) is 12.7 Å². The Morgan fingerprint density at radius 2 is 1.72 bits per heavy atom. The Bertz CT molecular complexity index is 1110. The SMILES string of the molecule is N#CCn1c(=O)n(-c2ccc(C#N)c(C(F)(F)F)c2)c2ccccc21. The van der Waals surface area contributed by atoms with Gasteiger partial charge in [0.1, 0.15) is 6.54 Å². The minimum absolute atomic E-state index is 0.0239. The van der Waals surface area contributed by atoms with Crippen molar-refractivity contribution in [3.8, 4) is 17.8 Å². The molecular formula is C17H9F3N4O. The van der Waals surface area contributed by atoms with Crippen molar-refractivity contribution in [2.24, 2.45) is 0 Å². The van der Waals surface area contributed by atoms with Crippen molar-refractivity contribution in [1.29, 1.82) is 10.5 Å². The first-order valence-electron chi connectivity index (χ1n) is 7.07. The second-order valence-corrected chi connectivity index (χ2v) is 5.19. The van der Waals surface area contributed by atoms with Gasteiger partial charge in [0.2, 0.25) is 0 Å². The summed E-state index contributed by atoms with van der Waals surface area (Å²) in [5.41, 5.74) is -1.47. The van der Waals surface area contributed by atoms with Gasteiger partial charge in [-0.2, -0.15) is 23.7 Å². The van der Waals surface area contributed by atoms with Crippen molar-refractivity contribution in [3.63, 3.8) is 0 Å². The lowest BCUT2D eigenvalue weighted by Crippen LogP contribution is -2.23. The van der Waals surface area contributed by atoms with E-state index in [0.29, 0.717) is 11.0 Å². The fourth-order valence-corrected chi connectivity index (χ4v) is 2.68. The van der Waals surface area contributed by atoms with E-state index in [1.807, 2.05) is 6.07 Å². The number of hydrogen-bond acceptors (Lipinski definition) is 3. The first-order chi connectivity index (χ1) is 11.9. The highest BCUT2D eigenvalue weighted by atomic mass is 19.4. The van der Waals surface area contributed by atoms with E-state index in [1.54, 1.807) is 24.3 Å². The number of nitrogens with zero attached hydrogens (tertiary/aromatic N) is 4. The van der Waals surface area contributed by atoms with Crippen LogP contribution >= 0.6 is 0 Å². The van der Waals surface area contributed by atoms with Crippen LogP contribution in [0.25, 0.3) is 16.7 Å². The molecule has 8 heteroatoms. The summed E-state index contributed by atoms with van der Waals surface area (Å²) in [6.45, 7) is -0.227. The van der Waals surface area contributed by atoms with E-state index in [4.69, 9.17) is 10.5 Å². The van der Waals surface area contributed by atoms with Gasteiger partial charge in [-0.3, -0.25) is 9.13 Å². The molecule has 0 saturated carbocycles. The fraction of sp³-hybridized carbons (Fsp3) is 0.118. The van der Waals surface area contributed by atoms with E-state index >= 15 is 0 Å². The monoisotopic (exact) mass is 342 g/mol. The molecule has 25 heavy (non-hydrogen) atoms. The van der Waals surface area contributed by atoms with Gasteiger partial charge in [0.05, 0.1) is 40.0 Å². The standard InChI is InChI=1S/C17H9F3N4O/c18-17(19,20)13-9-12(6-5-11(13)10-22)24-15-4-2-1-3-14(15)23(8-7-21)16(24)25/h1-6,9H,8H2. The molecule has 0 aliphatic rings. The van der Waals surface area contributed by atoms with Gasteiger partial charge in [0.25, 0.3) is 0 Å². The van der Waals surface area contributed by atoms with E-state index in [0.717, 1.165) is 16.7 Å². The van der Waals surface area contributed by atoms with Crippen LogP contribution in [0.4, 0.5) is 13.2 Å². The van der Waals surface area contributed by atoms with E-state index in [-0.39, 0.29) is 12.2 Å². The number of rotatable bonds is 2. The van der Waals surface area contributed by atoms with Gasteiger partial charge in [-0.1, -0.05) is 12.1 Å². The van der Waals surface area contributed by atoms with Gasteiger partial charge in [0.15, 0.2) is 0 Å². The van der Waals surface area contributed by atoms with Crippen LogP contribution in [0.15, 0.2) is 47.3 Å². The summed E-state index contributed by atoms with van der Waals surface area (Å²) in [7, 11) is 0. The molecule has 0 aliphatic heterocycles. The number of hydrogen-bond donors (Lipinski definition) is 0. The molecule has 0 atom stereocenters. The molecule has 0 unspecified atom stereocenters. The van der Waals surface area contributed by atoms with Crippen LogP contribution < -0.4 is 5.69 Å². The molecular weight excluding hydrogens is 333 g/mol. The van der Waals surface area contributed by atoms with Crippen molar-refractivity contribution in [1.82, 2.24) is 9.13 Å². The van der Waals surface area contributed by atoms with E-state index in [1.165, 1.54) is 16.7 Å². The number of alkyl halides is 3. The summed E-state index contributed by atoms with van der Waals surface area (Å²) >= 11 is 0. The van der Waals surface area contributed by atoms with Crippen molar-refractivity contribution in [2.75, 3.05) is 0 Å². The molecule has 2 aromatic carbocycles. The smallest absolute Gasteiger partial charge is 0.278 e. The van der Waals surface area contributed by atoms with Crippen LogP contribution in [0.5, 0.6) is 0 Å². The third-order valence-electron chi connectivity index (χ3n) is 3.75. The molecule has 1 aromatic heterocycles. The lowest BCUT2D eigenvalue weighted by molar-refractivity contribution is -0.137. The quantitative estimate of drug-likeness (QED) is 0.718. The fourth-order valence-electron chi connectivity index (χ4n) is 2.68. The largest absolute Gasteiger partial charge is 0.417 e. The number of para-hydroxylation sites is 2. The number of aromatic nitrogens is 2. The zero-order valence-electron chi connectivity index (χ0n) is 12.6. The maximum absolute atomic E-state index is 13.2. The van der Waals surface area contributed by atoms with Crippen LogP contribution in [-0.4, -0.2) is 9.13 Å². The Labute approximate surface area is 139 Å². The molecule has 3 aromatic rings. The molecule has 0 saturated heterocycles. The molecule has 0 amide bonds. The molecule has 0 aliphatic carbocycles. The molecule has 0 bridgehead atoms. The third kappa shape index (κ3) is 2.64. The average Bonchev–Trinajstić information content (AvgIpc) is 2.86. The van der Waals surface area contributed by atoms with Crippen molar-refractivity contribution < 1.29 is 13.2 Å². The molecule has 1 heterocycles. The van der Waals surface area contributed by atoms with Gasteiger partial charge in [0, 0.05) is 0 Å². The second kappa shape index (κ2) is 5.84. The van der Waals surface area contributed by atoms with Crippen LogP contribution in [0.3, 0.4) is 0 Å². The molecule has 0 spiro atoms. The lowest BCUT2D eigenvalue weighted by atomic mass is 10.1. The topological polar surface area (TPSA) is 74.5 Å². The highest BCUT2D eigenvalue weighted by Gasteiger charge is 2.34. The van der Waals surface area contributed by atoms with Crippen molar-refractivity contribution in [2.45, 2.75) is 12.7 Å². The first-order valence-corrected chi connectivity index (χ1v) is 7.07. The van der Waals surface area contributed by atoms with E-state index in [9.17, 15) is 18.0 Å². The highest BCUT2D eigenvalue weighted by molar-refractivity contribution is 5.78. The zero-order valence-corrected chi connectivity index (χ0v) is 12.6. The molecule has 3 rings (SSSR count). The Hall–Kier alpha value is -3.52. The Morgan fingerprint density at radius 1 is 1.04 bits per heavy atom. The van der Waals surface area contributed by atoms with E-state index in [2.05, 4.69) is 0 Å². The van der Waals surface area contributed by atoms with Crippen molar-refractivity contribution in [3.05, 3.63) is 64.1 Å². The number of imidazole rings is 1. The maximum atomic E-state index is 13.2. The first kappa shape index (κ1) is 16.3. The Morgan fingerprint density at radius 3 is 2.32 bits per heavy atom. The van der Waals surface area contributed by atoms with Gasteiger partial charge in [-0.25, -0.2) is 4.79 Å². The Balaban J connectivity index is 2.36. The normalized spacial score (nSPS) is 11.2. The van der Waals surface area contributed by atoms with Gasteiger partial charge in [-0.05, 0) is 30.3 Å². The molecule has 0 fully saturated rings. The summed E-state index contributed by atoms with van der Waals surface area (Å²) in [5, 5.41) is 17.8. The molecule has 5 nitrogen and oxygen atoms in total. The van der Waals surface area contributed by atoms with Gasteiger partial charge in [-0.15, -0.1) is 0 Å². The second-order valence-electron chi connectivity index (χ2n) is 5.19. The molecule has 124 valence electrons. The predicted octanol–water partition coefficient (Wildman–Crippen LogP) is 3.21. The highest BCUT2D eigenvalue weighted by Crippen LogP contribution is 2.33. The summed E-state index contributed by atoms with van der Waals surface area (Å²) in [6.07, 6.45) is -4.73. The number of halogens is 3. The summed E-state index contributed by atoms with van der Waals surface area (Å²) < 4.78 is 41.8. The summed E-state index contributed by atoms with van der Waals surface area (Å²) in [6, 6.07) is 12.9. The van der Waals surface area contributed by atoms with Gasteiger partial charge < -0.3 is 0 Å². The molecule has 0 radical (unpaired) electrons. The van der Waals surface area contributed by atoms with Crippen molar-refractivity contribution >= 4 is 11.0 Å². The maximum Gasteiger partial charge on any atom is 0.417 e. The lowest BCUT2D eigenvalue weighted by Gasteiger charge is -2.11. The Kier molecular flexibility index (Phi) is 3.82.